The summed E-state index contributed by atoms with van der Waals surface area (Å²) in [6, 6.07) is 0. The predicted octanol–water partition coefficient (Wildman–Crippen LogP) is -3.54. The van der Waals surface area contributed by atoms with Crippen LogP contribution < -0.4 is 0 Å². The molecule has 24 heavy (non-hydrogen) atoms. The van der Waals surface area contributed by atoms with Gasteiger partial charge in [0.2, 0.25) is 11.2 Å². The second-order valence-electron chi connectivity index (χ2n) is 5.53. The zero-order valence-electron chi connectivity index (χ0n) is 13.5. The molecule has 10 heteroatoms. The molecule has 0 saturated heterocycles. The summed E-state index contributed by atoms with van der Waals surface area (Å²) < 4.78 is 0. The fourth-order valence-corrected chi connectivity index (χ4v) is 2.38. The molecule has 0 aromatic rings. The number of aliphatic hydroxyl groups excluding tert-OH is 2. The minimum atomic E-state index is -3.87. The highest BCUT2D eigenvalue weighted by Crippen LogP contribution is 2.38. The summed E-state index contributed by atoms with van der Waals surface area (Å²) in [6.45, 7) is 2.42. The fraction of sp³-hybridized carbons (Fsp3) is 0.643. The molecule has 136 valence electrons. The van der Waals surface area contributed by atoms with E-state index in [-0.39, 0.29) is 0 Å². The number of carbonyl (C=O) groups excluding carboxylic acids is 5. The summed E-state index contributed by atoms with van der Waals surface area (Å²) in [5.74, 6) is -5.92. The highest BCUT2D eigenvalue weighted by Gasteiger charge is 2.73. The second-order valence-corrected chi connectivity index (χ2v) is 5.53. The SMILES string of the molecule is CC(=O)C(O)[C@@H](O)[C@](O)(C(C)=O)[C@@](O)(C(C)=O)[C@@](O)(C=O)C(C)=O. The van der Waals surface area contributed by atoms with Gasteiger partial charge < -0.3 is 25.5 Å². The molecule has 0 saturated carbocycles. The first-order chi connectivity index (χ1) is 10.7. The predicted molar refractivity (Wildman–Crippen MR) is 75.7 cm³/mol. The lowest BCUT2D eigenvalue weighted by Crippen LogP contribution is -2.80. The van der Waals surface area contributed by atoms with Crippen LogP contribution in [-0.4, -0.2) is 84.0 Å². The monoisotopic (exact) mass is 348 g/mol. The number of aliphatic hydroxyl groups is 5. The van der Waals surface area contributed by atoms with Crippen LogP contribution in [0.2, 0.25) is 0 Å². The fourth-order valence-electron chi connectivity index (χ4n) is 2.38. The van der Waals surface area contributed by atoms with Crippen LogP contribution in [0.15, 0.2) is 0 Å². The Kier molecular flexibility index (Phi) is 6.41. The van der Waals surface area contributed by atoms with Gasteiger partial charge in [0.1, 0.15) is 12.2 Å². The number of Topliss-reactive ketones (excluding diaryl/α,β-unsaturated/α-hetero) is 4. The summed E-state index contributed by atoms with van der Waals surface area (Å²) in [5.41, 5.74) is -11.2. The first kappa shape index (κ1) is 22.1. The Hall–Kier alpha value is -1.85. The van der Waals surface area contributed by atoms with E-state index < -0.39 is 58.4 Å². The van der Waals surface area contributed by atoms with E-state index in [1.807, 2.05) is 0 Å². The third-order valence-corrected chi connectivity index (χ3v) is 4.00. The van der Waals surface area contributed by atoms with Crippen molar-refractivity contribution in [1.29, 1.82) is 0 Å². The molecule has 5 N–H and O–H groups in total. The van der Waals surface area contributed by atoms with Gasteiger partial charge in [-0.2, -0.15) is 0 Å². The van der Waals surface area contributed by atoms with Gasteiger partial charge in [-0.05, 0) is 27.7 Å². The Morgan fingerprint density at radius 3 is 1.46 bits per heavy atom. The third-order valence-electron chi connectivity index (χ3n) is 4.00. The van der Waals surface area contributed by atoms with Crippen LogP contribution in [0.5, 0.6) is 0 Å². The van der Waals surface area contributed by atoms with E-state index >= 15 is 0 Å². The molecule has 0 aliphatic carbocycles. The molecule has 10 nitrogen and oxygen atoms in total. The molecule has 0 aliphatic rings. The molecule has 0 aromatic heterocycles. The van der Waals surface area contributed by atoms with Crippen molar-refractivity contribution in [2.45, 2.75) is 56.7 Å². The zero-order chi connectivity index (χ0) is 19.7. The number of carbonyl (C=O) groups is 5. The quantitative estimate of drug-likeness (QED) is 0.206. The summed E-state index contributed by atoms with van der Waals surface area (Å²) in [6.07, 6.45) is -5.88. The molecule has 0 amide bonds. The lowest BCUT2D eigenvalue weighted by molar-refractivity contribution is -0.248. The average Bonchev–Trinajstić information content (AvgIpc) is 2.49. The van der Waals surface area contributed by atoms with Crippen LogP contribution in [-0.2, 0) is 24.0 Å². The van der Waals surface area contributed by atoms with Crippen molar-refractivity contribution in [2.24, 2.45) is 0 Å². The molecule has 0 spiro atoms. The molecule has 0 rings (SSSR count). The van der Waals surface area contributed by atoms with Gasteiger partial charge in [-0.25, -0.2) is 0 Å². The van der Waals surface area contributed by atoms with Gasteiger partial charge in [-0.3, -0.25) is 24.0 Å². The second kappa shape index (κ2) is 6.95. The van der Waals surface area contributed by atoms with Crippen molar-refractivity contribution in [3.05, 3.63) is 0 Å². The lowest BCUT2D eigenvalue weighted by atomic mass is 9.62. The molecule has 0 aliphatic heterocycles. The molecule has 0 radical (unpaired) electrons. The zero-order valence-corrected chi connectivity index (χ0v) is 13.5. The summed E-state index contributed by atoms with van der Waals surface area (Å²) in [7, 11) is 0. The number of rotatable bonds is 9. The van der Waals surface area contributed by atoms with Gasteiger partial charge in [-0.15, -0.1) is 0 Å². The van der Waals surface area contributed by atoms with E-state index in [1.54, 1.807) is 0 Å². The van der Waals surface area contributed by atoms with Crippen molar-refractivity contribution < 1.29 is 49.5 Å². The molecule has 1 unspecified atom stereocenters. The van der Waals surface area contributed by atoms with Gasteiger partial charge in [0.15, 0.2) is 35.0 Å². The first-order valence-corrected chi connectivity index (χ1v) is 6.69. The van der Waals surface area contributed by atoms with Crippen molar-refractivity contribution in [3.8, 4) is 0 Å². The Morgan fingerprint density at radius 1 is 0.833 bits per heavy atom. The van der Waals surface area contributed by atoms with E-state index in [0.29, 0.717) is 20.8 Å². The van der Waals surface area contributed by atoms with Crippen LogP contribution in [0.3, 0.4) is 0 Å². The van der Waals surface area contributed by atoms with Crippen LogP contribution in [0, 0.1) is 0 Å². The maximum absolute atomic E-state index is 11.9. The summed E-state index contributed by atoms with van der Waals surface area (Å²) in [5, 5.41) is 50.9. The Bertz CT molecular complexity index is 584. The van der Waals surface area contributed by atoms with Crippen molar-refractivity contribution in [3.63, 3.8) is 0 Å². The molecule has 5 atom stereocenters. The topological polar surface area (TPSA) is 186 Å². The van der Waals surface area contributed by atoms with E-state index in [4.69, 9.17) is 0 Å². The number of aldehydes is 1. The van der Waals surface area contributed by atoms with Crippen molar-refractivity contribution in [1.82, 2.24) is 0 Å². The highest BCUT2D eigenvalue weighted by molar-refractivity contribution is 6.12. The smallest absolute Gasteiger partial charge is 0.217 e. The van der Waals surface area contributed by atoms with Crippen LogP contribution in [0.4, 0.5) is 0 Å². The lowest BCUT2D eigenvalue weighted by Gasteiger charge is -2.48. The van der Waals surface area contributed by atoms with E-state index in [2.05, 4.69) is 0 Å². The van der Waals surface area contributed by atoms with Gasteiger partial charge in [0.25, 0.3) is 0 Å². The number of hydrogen-bond acceptors (Lipinski definition) is 10. The molecular formula is C14H20O10. The van der Waals surface area contributed by atoms with Gasteiger partial charge >= 0.3 is 0 Å². The van der Waals surface area contributed by atoms with Gasteiger partial charge in [0.05, 0.1) is 0 Å². The molecule has 0 aromatic carbocycles. The van der Waals surface area contributed by atoms with Crippen LogP contribution >= 0.6 is 0 Å². The van der Waals surface area contributed by atoms with Gasteiger partial charge in [-0.1, -0.05) is 0 Å². The normalized spacial score (nSPS) is 21.4. The summed E-state index contributed by atoms with van der Waals surface area (Å²) >= 11 is 0. The van der Waals surface area contributed by atoms with E-state index in [0.717, 1.165) is 6.92 Å². The number of ketones is 4. The molecule has 0 bridgehead atoms. The maximum atomic E-state index is 11.9. The molecular weight excluding hydrogens is 328 g/mol. The molecule has 0 fully saturated rings. The minimum absolute atomic E-state index is 0.526. The van der Waals surface area contributed by atoms with Crippen LogP contribution in [0.25, 0.3) is 0 Å². The maximum Gasteiger partial charge on any atom is 0.217 e. The highest BCUT2D eigenvalue weighted by atomic mass is 16.4. The van der Waals surface area contributed by atoms with E-state index in [9.17, 15) is 49.5 Å². The van der Waals surface area contributed by atoms with Crippen molar-refractivity contribution in [2.75, 3.05) is 0 Å². The average molecular weight is 348 g/mol. The third kappa shape index (κ3) is 2.82. The van der Waals surface area contributed by atoms with Crippen LogP contribution in [0.1, 0.15) is 27.7 Å². The largest absolute Gasteiger partial charge is 0.386 e. The minimum Gasteiger partial charge on any atom is -0.386 e. The first-order valence-electron chi connectivity index (χ1n) is 6.69. The van der Waals surface area contributed by atoms with Gasteiger partial charge in [0, 0.05) is 0 Å². The molecule has 0 heterocycles. The summed E-state index contributed by atoms with van der Waals surface area (Å²) in [4.78, 5) is 57.8. The number of hydrogen-bond donors (Lipinski definition) is 5. The Labute approximate surface area is 136 Å². The standard InChI is InChI=1S/C14H20O10/c1-6(16)10(20)11(21)13(23,8(3)18)14(24,9(4)19)12(22,5-15)7(2)17/h5,10-11,20-24H,1-4H3/t10?,11-,12-,13-,14-/m1/s1. The Balaban J connectivity index is 6.89. The Morgan fingerprint density at radius 2 is 1.25 bits per heavy atom. The van der Waals surface area contributed by atoms with Crippen molar-refractivity contribution >= 4 is 29.4 Å². The van der Waals surface area contributed by atoms with E-state index in [1.165, 1.54) is 0 Å².